The Bertz CT molecular complexity index is 194. The minimum atomic E-state index is 0.834. The van der Waals surface area contributed by atoms with Gasteiger partial charge in [-0.25, -0.2) is 0 Å². The topological polar surface area (TPSA) is 0 Å². The van der Waals surface area contributed by atoms with Crippen molar-refractivity contribution in [3.8, 4) is 0 Å². The maximum Gasteiger partial charge on any atom is -0.0277 e. The third-order valence-electron chi connectivity index (χ3n) is 2.54. The Hall–Kier alpha value is -0.520. The lowest BCUT2D eigenvalue weighted by Gasteiger charge is -2.13. The van der Waals surface area contributed by atoms with E-state index in [0.717, 1.165) is 5.92 Å². The molecule has 0 aliphatic heterocycles. The Morgan fingerprint density at radius 2 is 2.17 bits per heavy atom. The van der Waals surface area contributed by atoms with Crippen LogP contribution in [0.4, 0.5) is 0 Å². The fourth-order valence-corrected chi connectivity index (χ4v) is 1.57. The van der Waals surface area contributed by atoms with Crippen molar-refractivity contribution in [1.29, 1.82) is 0 Å². The van der Waals surface area contributed by atoms with E-state index >= 15 is 0 Å². The molecule has 0 atom stereocenters. The summed E-state index contributed by atoms with van der Waals surface area (Å²) in [7, 11) is 0. The van der Waals surface area contributed by atoms with Crippen LogP contribution < -0.4 is 0 Å². The van der Waals surface area contributed by atoms with Gasteiger partial charge in [-0.05, 0) is 44.1 Å². The first-order chi connectivity index (χ1) is 5.70. The highest BCUT2D eigenvalue weighted by atomic mass is 14.1. The second-order valence-electron chi connectivity index (χ2n) is 4.18. The first kappa shape index (κ1) is 9.57. The van der Waals surface area contributed by atoms with E-state index in [9.17, 15) is 0 Å². The summed E-state index contributed by atoms with van der Waals surface area (Å²) in [4.78, 5) is 0. The predicted octanol–water partition coefficient (Wildman–Crippen LogP) is 4.09. The highest BCUT2D eigenvalue weighted by molar-refractivity contribution is 5.28. The van der Waals surface area contributed by atoms with Crippen molar-refractivity contribution in [1.82, 2.24) is 0 Å². The molecule has 1 aliphatic carbocycles. The molecule has 0 bridgehead atoms. The van der Waals surface area contributed by atoms with E-state index in [1.165, 1.54) is 25.7 Å². The zero-order valence-electron chi connectivity index (χ0n) is 8.56. The Morgan fingerprint density at radius 1 is 1.42 bits per heavy atom. The number of rotatable bonds is 3. The van der Waals surface area contributed by atoms with Crippen LogP contribution in [-0.4, -0.2) is 0 Å². The van der Waals surface area contributed by atoms with Crippen LogP contribution in [0.5, 0.6) is 0 Å². The van der Waals surface area contributed by atoms with Crippen LogP contribution in [0.15, 0.2) is 23.3 Å². The quantitative estimate of drug-likeness (QED) is 0.589. The standard InChI is InChI=1S/C12H20/c1-10(2)8-9-12-7-5-4-6-11(12)3/h5,7,10H,4,6,8-9H2,1-3H3. The van der Waals surface area contributed by atoms with E-state index in [1.807, 2.05) is 0 Å². The zero-order chi connectivity index (χ0) is 8.97. The van der Waals surface area contributed by atoms with Crippen LogP contribution in [0.3, 0.4) is 0 Å². The smallest absolute Gasteiger partial charge is 0.0277 e. The van der Waals surface area contributed by atoms with Gasteiger partial charge in [0, 0.05) is 0 Å². The van der Waals surface area contributed by atoms with E-state index in [2.05, 4.69) is 32.9 Å². The van der Waals surface area contributed by atoms with Crippen molar-refractivity contribution in [2.45, 2.75) is 46.5 Å². The van der Waals surface area contributed by atoms with Crippen LogP contribution in [0, 0.1) is 5.92 Å². The van der Waals surface area contributed by atoms with Gasteiger partial charge in [-0.2, -0.15) is 0 Å². The third kappa shape index (κ3) is 2.84. The summed E-state index contributed by atoms with van der Waals surface area (Å²) >= 11 is 0. The average Bonchev–Trinajstić information content (AvgIpc) is 2.03. The van der Waals surface area contributed by atoms with Gasteiger partial charge >= 0.3 is 0 Å². The van der Waals surface area contributed by atoms with Crippen molar-refractivity contribution in [3.63, 3.8) is 0 Å². The van der Waals surface area contributed by atoms with E-state index in [1.54, 1.807) is 11.1 Å². The lowest BCUT2D eigenvalue weighted by Crippen LogP contribution is -1.94. The molecule has 0 aromatic heterocycles. The minimum Gasteiger partial charge on any atom is -0.0839 e. The third-order valence-corrected chi connectivity index (χ3v) is 2.54. The molecule has 0 aromatic rings. The first-order valence-corrected chi connectivity index (χ1v) is 5.05. The van der Waals surface area contributed by atoms with E-state index in [0.29, 0.717) is 0 Å². The Kier molecular flexibility index (Phi) is 3.58. The molecular weight excluding hydrogens is 144 g/mol. The van der Waals surface area contributed by atoms with Gasteiger partial charge in [0.2, 0.25) is 0 Å². The molecule has 68 valence electrons. The zero-order valence-corrected chi connectivity index (χ0v) is 8.56. The van der Waals surface area contributed by atoms with Gasteiger partial charge in [0.25, 0.3) is 0 Å². The van der Waals surface area contributed by atoms with Crippen LogP contribution in [-0.2, 0) is 0 Å². The lowest BCUT2D eigenvalue weighted by atomic mass is 9.93. The molecule has 0 fully saturated rings. The summed E-state index contributed by atoms with van der Waals surface area (Å²) in [5.41, 5.74) is 3.20. The Labute approximate surface area is 76.4 Å². The Balaban J connectivity index is 2.44. The van der Waals surface area contributed by atoms with Gasteiger partial charge in [0.1, 0.15) is 0 Å². The molecule has 0 saturated heterocycles. The van der Waals surface area contributed by atoms with E-state index < -0.39 is 0 Å². The molecule has 0 amide bonds. The highest BCUT2D eigenvalue weighted by Gasteiger charge is 2.04. The minimum absolute atomic E-state index is 0.834. The van der Waals surface area contributed by atoms with Crippen LogP contribution in [0.25, 0.3) is 0 Å². The summed E-state index contributed by atoms with van der Waals surface area (Å²) in [6.07, 6.45) is 9.77. The summed E-state index contributed by atoms with van der Waals surface area (Å²) < 4.78 is 0. The molecular formula is C12H20. The van der Waals surface area contributed by atoms with Gasteiger partial charge in [-0.3, -0.25) is 0 Å². The molecule has 0 aromatic carbocycles. The summed E-state index contributed by atoms with van der Waals surface area (Å²) in [6.45, 7) is 6.87. The monoisotopic (exact) mass is 164 g/mol. The summed E-state index contributed by atoms with van der Waals surface area (Å²) in [5.74, 6) is 0.834. The SMILES string of the molecule is CC1=C(CCC(C)C)C=CCC1. The van der Waals surface area contributed by atoms with Gasteiger partial charge in [-0.1, -0.05) is 31.6 Å². The van der Waals surface area contributed by atoms with E-state index in [4.69, 9.17) is 0 Å². The average molecular weight is 164 g/mol. The summed E-state index contributed by atoms with van der Waals surface area (Å²) in [5, 5.41) is 0. The molecule has 0 N–H and O–H groups in total. The first-order valence-electron chi connectivity index (χ1n) is 5.05. The maximum atomic E-state index is 2.32. The van der Waals surface area contributed by atoms with Crippen LogP contribution in [0.1, 0.15) is 46.5 Å². The second-order valence-corrected chi connectivity index (χ2v) is 4.18. The maximum absolute atomic E-state index is 2.32. The lowest BCUT2D eigenvalue weighted by molar-refractivity contribution is 0.584. The molecule has 1 aliphatic rings. The molecule has 0 spiro atoms. The van der Waals surface area contributed by atoms with Crippen molar-refractivity contribution >= 4 is 0 Å². The van der Waals surface area contributed by atoms with E-state index in [-0.39, 0.29) is 0 Å². The van der Waals surface area contributed by atoms with Gasteiger partial charge < -0.3 is 0 Å². The molecule has 0 heteroatoms. The van der Waals surface area contributed by atoms with Crippen LogP contribution >= 0.6 is 0 Å². The fraction of sp³-hybridized carbons (Fsp3) is 0.667. The normalized spacial score (nSPS) is 17.7. The van der Waals surface area contributed by atoms with Gasteiger partial charge in [-0.15, -0.1) is 0 Å². The molecule has 0 heterocycles. The highest BCUT2D eigenvalue weighted by Crippen LogP contribution is 2.23. The molecule has 0 nitrogen and oxygen atoms in total. The van der Waals surface area contributed by atoms with Crippen molar-refractivity contribution in [3.05, 3.63) is 23.3 Å². The van der Waals surface area contributed by atoms with Gasteiger partial charge in [0.15, 0.2) is 0 Å². The number of hydrogen-bond donors (Lipinski definition) is 0. The molecule has 0 radical (unpaired) electrons. The van der Waals surface area contributed by atoms with Crippen molar-refractivity contribution < 1.29 is 0 Å². The number of allylic oxidation sites excluding steroid dienone is 4. The van der Waals surface area contributed by atoms with Crippen LogP contribution in [0.2, 0.25) is 0 Å². The molecule has 12 heavy (non-hydrogen) atoms. The summed E-state index contributed by atoms with van der Waals surface area (Å²) in [6, 6.07) is 0. The van der Waals surface area contributed by atoms with Crippen molar-refractivity contribution in [2.24, 2.45) is 5.92 Å². The number of hydrogen-bond acceptors (Lipinski definition) is 0. The van der Waals surface area contributed by atoms with Gasteiger partial charge in [0.05, 0.1) is 0 Å². The second kappa shape index (κ2) is 4.49. The van der Waals surface area contributed by atoms with Crippen molar-refractivity contribution in [2.75, 3.05) is 0 Å². The molecule has 0 saturated carbocycles. The Morgan fingerprint density at radius 3 is 2.75 bits per heavy atom. The largest absolute Gasteiger partial charge is 0.0839 e. The predicted molar refractivity (Wildman–Crippen MR) is 55.1 cm³/mol. The fourth-order valence-electron chi connectivity index (χ4n) is 1.57. The molecule has 0 unspecified atom stereocenters. The molecule has 1 rings (SSSR count).